The van der Waals surface area contributed by atoms with Crippen LogP contribution in [0.2, 0.25) is 10.0 Å². The van der Waals surface area contributed by atoms with Crippen molar-refractivity contribution < 1.29 is 9.90 Å². The molecule has 1 aromatic carbocycles. The van der Waals surface area contributed by atoms with Crippen LogP contribution in [0.4, 0.5) is 17.6 Å². The van der Waals surface area contributed by atoms with Crippen LogP contribution in [0, 0.1) is 0 Å². The number of halogens is 2. The Balaban J connectivity index is 1.79. The fraction of sp³-hybridized carbons (Fsp3) is 0.273. The zero-order chi connectivity index (χ0) is 22.4. The first kappa shape index (κ1) is 22.9. The molecule has 0 fully saturated rings. The first-order valence-corrected chi connectivity index (χ1v) is 10.6. The molecular weight excluding hydrogens is 437 g/mol. The summed E-state index contributed by atoms with van der Waals surface area (Å²) in [4.78, 5) is 25.9. The van der Waals surface area contributed by atoms with Crippen LogP contribution in [-0.2, 0) is 12.8 Å². The molecule has 2 heterocycles. The van der Waals surface area contributed by atoms with Crippen LogP contribution >= 0.6 is 23.2 Å². The molecule has 0 unspecified atom stereocenters. The van der Waals surface area contributed by atoms with E-state index in [-0.39, 0.29) is 24.9 Å². The number of ketones is 1. The van der Waals surface area contributed by atoms with E-state index in [0.717, 1.165) is 17.7 Å². The van der Waals surface area contributed by atoms with Gasteiger partial charge in [-0.25, -0.2) is 9.97 Å². The van der Waals surface area contributed by atoms with Crippen molar-refractivity contribution in [2.45, 2.75) is 32.7 Å². The van der Waals surface area contributed by atoms with E-state index in [0.29, 0.717) is 33.2 Å². The summed E-state index contributed by atoms with van der Waals surface area (Å²) < 4.78 is 0. The number of aliphatic hydroxyl groups is 1. The SMILES string of the molecule is CCc1cc(Nc2cc(CC(=O)c3c(Cl)cccc3Cl)ccn2)nc(N[C@H](C)CO)n1. The lowest BCUT2D eigenvalue weighted by Crippen LogP contribution is -2.21. The lowest BCUT2D eigenvalue weighted by Gasteiger charge is -2.14. The van der Waals surface area contributed by atoms with Gasteiger partial charge >= 0.3 is 0 Å². The van der Waals surface area contributed by atoms with Crippen LogP contribution in [-0.4, -0.2) is 38.5 Å². The van der Waals surface area contributed by atoms with Crippen molar-refractivity contribution in [2.75, 3.05) is 17.2 Å². The molecule has 1 atom stereocenters. The third-order valence-electron chi connectivity index (χ3n) is 4.48. The van der Waals surface area contributed by atoms with Crippen LogP contribution in [0.15, 0.2) is 42.6 Å². The molecule has 0 aliphatic heterocycles. The maximum atomic E-state index is 12.7. The van der Waals surface area contributed by atoms with Gasteiger partial charge in [-0.15, -0.1) is 0 Å². The molecule has 0 spiro atoms. The maximum absolute atomic E-state index is 12.7. The summed E-state index contributed by atoms with van der Waals surface area (Å²) in [5.41, 5.74) is 1.91. The van der Waals surface area contributed by atoms with Gasteiger partial charge in [-0.3, -0.25) is 4.79 Å². The van der Waals surface area contributed by atoms with Gasteiger partial charge in [0.2, 0.25) is 5.95 Å². The molecule has 0 saturated heterocycles. The average Bonchev–Trinajstić information content (AvgIpc) is 2.73. The smallest absolute Gasteiger partial charge is 0.225 e. The number of nitrogens with one attached hydrogen (secondary N) is 2. The van der Waals surface area contributed by atoms with Crippen molar-refractivity contribution in [3.8, 4) is 0 Å². The molecule has 0 radical (unpaired) electrons. The van der Waals surface area contributed by atoms with Crippen LogP contribution in [0.25, 0.3) is 0 Å². The second kappa shape index (κ2) is 10.5. The van der Waals surface area contributed by atoms with Crippen molar-refractivity contribution in [2.24, 2.45) is 0 Å². The molecule has 3 N–H and O–H groups in total. The summed E-state index contributed by atoms with van der Waals surface area (Å²) >= 11 is 12.3. The second-order valence-corrected chi connectivity index (χ2v) is 7.83. The predicted molar refractivity (Wildman–Crippen MR) is 124 cm³/mol. The number of Topliss-reactive ketones (excluding diaryl/α,β-unsaturated/α-hetero) is 1. The molecule has 2 aromatic heterocycles. The molecule has 0 amide bonds. The lowest BCUT2D eigenvalue weighted by atomic mass is 10.0. The standard InChI is InChI=1S/C22H23Cl2N5O2/c1-3-15-11-20(29-22(27-15)26-13(2)12-30)28-19-10-14(7-8-25-19)9-18(31)21-16(23)5-4-6-17(21)24/h4-8,10-11,13,30H,3,9,12H2,1-2H3,(H2,25,26,27,28,29)/t13-/m1/s1. The largest absolute Gasteiger partial charge is 0.394 e. The normalized spacial score (nSPS) is 11.8. The molecule has 7 nitrogen and oxygen atoms in total. The zero-order valence-electron chi connectivity index (χ0n) is 17.2. The number of benzene rings is 1. The summed E-state index contributed by atoms with van der Waals surface area (Å²) in [6, 6.07) is 10.2. The summed E-state index contributed by atoms with van der Waals surface area (Å²) in [5.74, 6) is 1.35. The highest BCUT2D eigenvalue weighted by Crippen LogP contribution is 2.26. The molecular formula is C22H23Cl2N5O2. The van der Waals surface area contributed by atoms with Gasteiger partial charge in [0, 0.05) is 30.4 Å². The van der Waals surface area contributed by atoms with Crippen LogP contribution < -0.4 is 10.6 Å². The quantitative estimate of drug-likeness (QED) is 0.398. The van der Waals surface area contributed by atoms with E-state index in [1.165, 1.54) is 0 Å². The number of hydrogen-bond donors (Lipinski definition) is 3. The van der Waals surface area contributed by atoms with Gasteiger partial charge in [-0.2, -0.15) is 4.98 Å². The summed E-state index contributed by atoms with van der Waals surface area (Å²) in [7, 11) is 0. The van der Waals surface area contributed by atoms with Crippen molar-refractivity contribution in [3.63, 3.8) is 0 Å². The molecule has 0 bridgehead atoms. The minimum atomic E-state index is -0.177. The number of aryl methyl sites for hydroxylation is 1. The number of pyridine rings is 1. The van der Waals surface area contributed by atoms with Gasteiger partial charge in [0.05, 0.1) is 22.2 Å². The second-order valence-electron chi connectivity index (χ2n) is 7.02. The fourth-order valence-corrected chi connectivity index (χ4v) is 3.50. The van der Waals surface area contributed by atoms with Crippen molar-refractivity contribution in [1.29, 1.82) is 0 Å². The Morgan fingerprint density at radius 2 is 1.87 bits per heavy atom. The number of carbonyl (C=O) groups excluding carboxylic acids is 1. The molecule has 0 aliphatic rings. The van der Waals surface area contributed by atoms with Gasteiger partial charge in [0.25, 0.3) is 0 Å². The van der Waals surface area contributed by atoms with E-state index >= 15 is 0 Å². The Morgan fingerprint density at radius 1 is 1.13 bits per heavy atom. The molecule has 9 heteroatoms. The molecule has 3 aromatic rings. The summed E-state index contributed by atoms with van der Waals surface area (Å²) in [6.45, 7) is 3.80. The molecule has 31 heavy (non-hydrogen) atoms. The Morgan fingerprint density at radius 3 is 2.55 bits per heavy atom. The molecule has 0 aliphatic carbocycles. The third kappa shape index (κ3) is 6.13. The first-order chi connectivity index (χ1) is 14.9. The number of aliphatic hydroxyl groups excluding tert-OH is 1. The van der Waals surface area contributed by atoms with Crippen LogP contribution in [0.5, 0.6) is 0 Å². The van der Waals surface area contributed by atoms with Crippen molar-refractivity contribution in [1.82, 2.24) is 15.0 Å². The topological polar surface area (TPSA) is 100 Å². The van der Waals surface area contributed by atoms with Gasteiger partial charge in [-0.05, 0) is 43.2 Å². The first-order valence-electron chi connectivity index (χ1n) is 9.84. The van der Waals surface area contributed by atoms with E-state index in [2.05, 4.69) is 25.6 Å². The third-order valence-corrected chi connectivity index (χ3v) is 5.11. The van der Waals surface area contributed by atoms with Gasteiger partial charge in [0.1, 0.15) is 11.6 Å². The Labute approximate surface area is 190 Å². The average molecular weight is 460 g/mol. The number of hydrogen-bond acceptors (Lipinski definition) is 7. The van der Waals surface area contributed by atoms with Crippen LogP contribution in [0.3, 0.4) is 0 Å². The van der Waals surface area contributed by atoms with E-state index < -0.39 is 0 Å². The Kier molecular flexibility index (Phi) is 7.79. The molecule has 3 rings (SSSR count). The zero-order valence-corrected chi connectivity index (χ0v) is 18.7. The van der Waals surface area contributed by atoms with Gasteiger partial charge in [0.15, 0.2) is 5.78 Å². The number of anilines is 3. The van der Waals surface area contributed by atoms with Gasteiger partial charge < -0.3 is 15.7 Å². The van der Waals surface area contributed by atoms with Crippen molar-refractivity contribution >= 4 is 46.6 Å². The van der Waals surface area contributed by atoms with Crippen LogP contribution in [0.1, 0.15) is 35.5 Å². The Bertz CT molecular complexity index is 1060. The van der Waals surface area contributed by atoms with E-state index in [1.54, 1.807) is 36.5 Å². The summed E-state index contributed by atoms with van der Waals surface area (Å²) in [6.07, 6.45) is 2.47. The minimum Gasteiger partial charge on any atom is -0.394 e. The number of nitrogens with zero attached hydrogens (tertiary/aromatic N) is 3. The highest BCUT2D eigenvalue weighted by molar-refractivity contribution is 6.39. The van der Waals surface area contributed by atoms with E-state index in [1.807, 2.05) is 19.9 Å². The highest BCUT2D eigenvalue weighted by Gasteiger charge is 2.15. The number of aromatic nitrogens is 3. The highest BCUT2D eigenvalue weighted by atomic mass is 35.5. The van der Waals surface area contributed by atoms with E-state index in [9.17, 15) is 9.90 Å². The number of carbonyl (C=O) groups is 1. The monoisotopic (exact) mass is 459 g/mol. The lowest BCUT2D eigenvalue weighted by molar-refractivity contribution is 0.0993. The minimum absolute atomic E-state index is 0.0322. The molecule has 162 valence electrons. The predicted octanol–water partition coefficient (Wildman–Crippen LogP) is 4.70. The van der Waals surface area contributed by atoms with Gasteiger partial charge in [-0.1, -0.05) is 36.2 Å². The van der Waals surface area contributed by atoms with E-state index in [4.69, 9.17) is 23.2 Å². The Hall–Kier alpha value is -2.74. The summed E-state index contributed by atoms with van der Waals surface area (Å²) in [5, 5.41) is 16.1. The fourth-order valence-electron chi connectivity index (χ4n) is 2.90. The molecule has 0 saturated carbocycles. The number of rotatable bonds is 9. The maximum Gasteiger partial charge on any atom is 0.225 e. The van der Waals surface area contributed by atoms with Crippen molar-refractivity contribution in [3.05, 3.63) is 69.5 Å².